The average molecular weight is 1060 g/mol. The monoisotopic (exact) mass is 1060 g/mol. The molecule has 12 aromatic carbocycles. The Morgan fingerprint density at radius 2 is 0.707 bits per heavy atom. The second-order valence-corrected chi connectivity index (χ2v) is 22.3. The first-order valence-electron chi connectivity index (χ1n) is 27.5. The molecule has 378 valence electrons. The number of fused-ring (bicyclic) bond motifs is 19. The molecule has 7 nitrogen and oxygen atoms in total. The van der Waals surface area contributed by atoms with Crippen LogP contribution in [0.2, 0.25) is 0 Å². The molecule has 0 radical (unpaired) electrons. The first kappa shape index (κ1) is 44.8. The highest BCUT2D eigenvalue weighted by Crippen LogP contribution is 2.51. The number of nitrogens with zero attached hydrogens (tertiary/aromatic N) is 6. The number of benzene rings is 12. The quantitative estimate of drug-likeness (QED) is 0.172. The van der Waals surface area contributed by atoms with Crippen molar-refractivity contribution < 1.29 is 4.42 Å². The molecule has 0 aliphatic rings. The number of rotatable bonds is 5. The van der Waals surface area contributed by atoms with E-state index in [1.54, 1.807) is 11.3 Å². The molecule has 0 atom stereocenters. The number of nitriles is 2. The third-order valence-corrected chi connectivity index (χ3v) is 18.4. The van der Waals surface area contributed by atoms with E-state index >= 15 is 0 Å². The summed E-state index contributed by atoms with van der Waals surface area (Å²) in [5.74, 6) is 0. The van der Waals surface area contributed by atoms with Crippen molar-refractivity contribution in [1.82, 2.24) is 18.3 Å². The van der Waals surface area contributed by atoms with Crippen molar-refractivity contribution in [2.45, 2.75) is 0 Å². The number of hydrogen-bond donors (Lipinski definition) is 0. The minimum atomic E-state index is 0.377. The molecule has 18 aromatic rings. The van der Waals surface area contributed by atoms with Gasteiger partial charge in [0.2, 0.25) is 0 Å². The molecular formula is C74H40N6OS. The second kappa shape index (κ2) is 16.7. The van der Waals surface area contributed by atoms with E-state index in [0.29, 0.717) is 39.5 Å². The molecule has 0 fully saturated rings. The van der Waals surface area contributed by atoms with Gasteiger partial charge in [0.15, 0.2) is 5.58 Å². The Morgan fingerprint density at radius 1 is 0.317 bits per heavy atom. The van der Waals surface area contributed by atoms with Crippen molar-refractivity contribution in [3.63, 3.8) is 0 Å². The Labute approximate surface area is 471 Å². The highest BCUT2D eigenvalue weighted by Gasteiger charge is 2.35. The van der Waals surface area contributed by atoms with E-state index in [9.17, 15) is 10.5 Å². The van der Waals surface area contributed by atoms with E-state index in [1.165, 1.54) is 20.2 Å². The van der Waals surface area contributed by atoms with Crippen LogP contribution in [0.15, 0.2) is 247 Å². The van der Waals surface area contributed by atoms with Gasteiger partial charge < -0.3 is 22.7 Å². The van der Waals surface area contributed by atoms with E-state index in [4.69, 9.17) is 4.42 Å². The van der Waals surface area contributed by atoms with E-state index in [0.717, 1.165) is 115 Å². The zero-order valence-electron chi connectivity index (χ0n) is 43.6. The molecule has 8 heteroatoms. The van der Waals surface area contributed by atoms with Crippen molar-refractivity contribution >= 4 is 141 Å². The fraction of sp³-hybridized carbons (Fsp3) is 0. The molecule has 6 heterocycles. The van der Waals surface area contributed by atoms with Crippen LogP contribution in [-0.4, -0.2) is 18.3 Å². The lowest BCUT2D eigenvalue weighted by Gasteiger charge is -2.27. The Hall–Kier alpha value is -11.2. The molecule has 0 unspecified atom stereocenters. The van der Waals surface area contributed by atoms with Gasteiger partial charge in [-0.25, -0.2) is 0 Å². The normalized spacial score (nSPS) is 12.1. The summed E-state index contributed by atoms with van der Waals surface area (Å²) in [5, 5.41) is 38.3. The smallest absolute Gasteiger partial charge is 0.160 e. The maximum atomic E-state index is 13.0. The zero-order valence-corrected chi connectivity index (χ0v) is 44.4. The lowest BCUT2D eigenvalue weighted by atomic mass is 9.97. The van der Waals surface area contributed by atoms with Crippen molar-refractivity contribution in [2.75, 3.05) is 0 Å². The zero-order chi connectivity index (χ0) is 53.9. The number of aromatic nitrogens is 4. The summed E-state index contributed by atoms with van der Waals surface area (Å²) >= 11 is 1.80. The minimum absolute atomic E-state index is 0.377. The second-order valence-electron chi connectivity index (χ2n) is 21.3. The maximum Gasteiger partial charge on any atom is 0.160 e. The number of para-hydroxylation sites is 7. The Bertz CT molecular complexity index is 5780. The molecule has 82 heavy (non-hydrogen) atoms. The summed E-state index contributed by atoms with van der Waals surface area (Å²) in [6.07, 6.45) is 0. The van der Waals surface area contributed by atoms with E-state index in [1.807, 2.05) is 12.1 Å². The van der Waals surface area contributed by atoms with Gasteiger partial charge >= 0.3 is 0 Å². The van der Waals surface area contributed by atoms with E-state index < -0.39 is 0 Å². The van der Waals surface area contributed by atoms with Gasteiger partial charge in [-0.15, -0.1) is 11.3 Å². The first-order chi connectivity index (χ1) is 40.7. The first-order valence-corrected chi connectivity index (χ1v) is 28.3. The molecule has 6 aromatic heterocycles. The van der Waals surface area contributed by atoms with Gasteiger partial charge in [-0.1, -0.05) is 176 Å². The lowest BCUT2D eigenvalue weighted by Crippen LogP contribution is -2.16. The number of hydrogen-bond acceptors (Lipinski definition) is 4. The van der Waals surface area contributed by atoms with Gasteiger partial charge in [-0.3, -0.25) is 0 Å². The fourth-order valence-corrected chi connectivity index (χ4v) is 15.1. The van der Waals surface area contributed by atoms with Crippen molar-refractivity contribution in [1.29, 1.82) is 10.5 Å². The average Bonchev–Trinajstić information content (AvgIpc) is 2.47. The fourth-order valence-electron chi connectivity index (χ4n) is 14.0. The van der Waals surface area contributed by atoms with Crippen LogP contribution in [0.4, 0.5) is 0 Å². The standard InChI is InChI=1S/C74H40N6OS/c75-41-56-69(77-58-27-9-1-18-45(58)46-19-2-10-28-59(46)77)70(78-60-29-11-3-20-47(60)48-21-4-12-30-61(48)78)57(42-76)72(71(56)79-62-31-13-5-22-49(62)50-23-6-14-32-63(50)79)80-64-40-43(44-26-17-35-67-68(44)55-25-8-16-34-66(55)82-67)36-37-51(64)53-38-39-54-52-24-7-15-33-65(52)81-74(54)73(53)80/h1-40H. The van der Waals surface area contributed by atoms with Crippen LogP contribution in [0, 0.1) is 22.7 Å². The molecule has 0 saturated heterocycles. The largest absolute Gasteiger partial charge is 0.454 e. The molecule has 0 aliphatic carbocycles. The highest BCUT2D eigenvalue weighted by atomic mass is 32.1. The van der Waals surface area contributed by atoms with E-state index in [-0.39, 0.29) is 0 Å². The van der Waals surface area contributed by atoms with Crippen molar-refractivity contribution in [3.05, 3.63) is 254 Å². The Morgan fingerprint density at radius 3 is 1.21 bits per heavy atom. The van der Waals surface area contributed by atoms with Crippen molar-refractivity contribution in [2.24, 2.45) is 0 Å². The molecule has 0 aliphatic heterocycles. The van der Waals surface area contributed by atoms with Gasteiger partial charge in [0, 0.05) is 74.0 Å². The van der Waals surface area contributed by atoms with Crippen LogP contribution >= 0.6 is 11.3 Å². The molecule has 0 N–H and O–H groups in total. The summed E-state index contributed by atoms with van der Waals surface area (Å²) in [5.41, 5.74) is 13.7. The van der Waals surface area contributed by atoms with Crippen LogP contribution in [0.25, 0.3) is 163 Å². The maximum absolute atomic E-state index is 13.0. The van der Waals surface area contributed by atoms with Crippen LogP contribution in [0.1, 0.15) is 11.1 Å². The molecule has 0 spiro atoms. The van der Waals surface area contributed by atoms with Gasteiger partial charge in [-0.2, -0.15) is 10.5 Å². The lowest BCUT2D eigenvalue weighted by molar-refractivity contribution is 0.671. The van der Waals surface area contributed by atoms with Crippen molar-refractivity contribution in [3.8, 4) is 46.0 Å². The number of furan rings is 1. The predicted octanol–water partition coefficient (Wildman–Crippen LogP) is 19.8. The minimum Gasteiger partial charge on any atom is -0.454 e. The Balaban J connectivity index is 1.14. The predicted molar refractivity (Wildman–Crippen MR) is 339 cm³/mol. The summed E-state index contributed by atoms with van der Waals surface area (Å²) in [6, 6.07) is 91.2. The van der Waals surface area contributed by atoms with Gasteiger partial charge in [0.05, 0.1) is 66.9 Å². The number of thiophene rings is 1. The van der Waals surface area contributed by atoms with Gasteiger partial charge in [0.1, 0.15) is 28.8 Å². The van der Waals surface area contributed by atoms with Gasteiger partial charge in [-0.05, 0) is 77.9 Å². The van der Waals surface area contributed by atoms with Crippen LogP contribution < -0.4 is 0 Å². The molecular weight excluding hydrogens is 1020 g/mol. The SMILES string of the molecule is N#Cc1c(-n2c3ccccc3c3ccccc32)c(-n2c3ccccc3c3ccccc32)c(C#N)c(-n2c3cc(-c4cccc5sc6ccccc6c45)ccc3c3ccc4c5ccccc5oc4c32)c1-n1c2ccccc2c2ccccc21. The van der Waals surface area contributed by atoms with Crippen LogP contribution in [0.3, 0.4) is 0 Å². The summed E-state index contributed by atoms with van der Waals surface area (Å²) < 4.78 is 18.7. The highest BCUT2D eigenvalue weighted by molar-refractivity contribution is 7.26. The molecule has 0 amide bonds. The molecule has 18 rings (SSSR count). The summed E-state index contributed by atoms with van der Waals surface area (Å²) in [7, 11) is 0. The van der Waals surface area contributed by atoms with Crippen LogP contribution in [0.5, 0.6) is 0 Å². The topological polar surface area (TPSA) is 80.4 Å². The Kier molecular flexibility index (Phi) is 9.11. The van der Waals surface area contributed by atoms with Gasteiger partial charge in [0.25, 0.3) is 0 Å². The van der Waals surface area contributed by atoms with Crippen LogP contribution in [-0.2, 0) is 0 Å². The molecule has 0 bridgehead atoms. The molecule has 0 saturated carbocycles. The third kappa shape index (κ3) is 5.84. The summed E-state index contributed by atoms with van der Waals surface area (Å²) in [6.45, 7) is 0. The van der Waals surface area contributed by atoms with E-state index in [2.05, 4.69) is 261 Å². The summed E-state index contributed by atoms with van der Waals surface area (Å²) in [4.78, 5) is 0. The third-order valence-electron chi connectivity index (χ3n) is 17.2.